The maximum absolute atomic E-state index is 14.0. The minimum atomic E-state index is -0.853. The second kappa shape index (κ2) is 11.2. The zero-order chi connectivity index (χ0) is 29.8. The van der Waals surface area contributed by atoms with Gasteiger partial charge in [0.05, 0.1) is 31.9 Å². The van der Waals surface area contributed by atoms with Crippen molar-refractivity contribution in [2.75, 3.05) is 13.7 Å². The molecule has 2 heterocycles. The highest BCUT2D eigenvalue weighted by molar-refractivity contribution is 5.95. The third-order valence-corrected chi connectivity index (χ3v) is 10.6. The SMILES string of the molecule is COc1c(CN2O[C@@H](CO)[C@H]([C@H](C)O)[C@H]2C(=O)N[C@H]2C[C@H]3C[C@H]([C@@H]2C)C3(C)C)cccc1-c1cccc2cccnc12. The molecule has 1 aromatic heterocycles. The lowest BCUT2D eigenvalue weighted by atomic mass is 9.45. The molecule has 4 fully saturated rings. The molecule has 3 saturated carbocycles. The first-order valence-electron chi connectivity index (χ1n) is 15.2. The van der Waals surface area contributed by atoms with Gasteiger partial charge in [-0.05, 0) is 49.0 Å². The molecule has 3 aliphatic carbocycles. The number of hydrogen-bond acceptors (Lipinski definition) is 7. The van der Waals surface area contributed by atoms with Crippen molar-refractivity contribution in [1.82, 2.24) is 15.4 Å². The Balaban J connectivity index is 1.31. The van der Waals surface area contributed by atoms with Gasteiger partial charge in [-0.15, -0.1) is 0 Å². The molecule has 8 heteroatoms. The molecule has 2 bridgehead atoms. The Morgan fingerprint density at radius 1 is 1.17 bits per heavy atom. The number of pyridine rings is 1. The summed E-state index contributed by atoms with van der Waals surface area (Å²) in [4.78, 5) is 24.9. The predicted molar refractivity (Wildman–Crippen MR) is 161 cm³/mol. The van der Waals surface area contributed by atoms with Crippen LogP contribution in [0.2, 0.25) is 0 Å². The number of hydroxylamine groups is 2. The molecular formula is C34H43N3O5. The summed E-state index contributed by atoms with van der Waals surface area (Å²) in [6.45, 7) is 8.54. The van der Waals surface area contributed by atoms with Crippen LogP contribution in [0.4, 0.5) is 0 Å². The molecule has 7 rings (SSSR count). The molecule has 4 aliphatic rings. The molecule has 1 amide bonds. The quantitative estimate of drug-likeness (QED) is 0.363. The first kappa shape index (κ1) is 29.1. The van der Waals surface area contributed by atoms with Gasteiger partial charge in [-0.3, -0.25) is 14.6 Å². The Kier molecular flexibility index (Phi) is 7.77. The van der Waals surface area contributed by atoms with Gasteiger partial charge in [0.1, 0.15) is 17.9 Å². The van der Waals surface area contributed by atoms with Gasteiger partial charge in [-0.25, -0.2) is 0 Å². The number of carbonyl (C=O) groups is 1. The first-order valence-corrected chi connectivity index (χ1v) is 15.2. The maximum Gasteiger partial charge on any atom is 0.240 e. The van der Waals surface area contributed by atoms with E-state index in [0.29, 0.717) is 28.9 Å². The molecule has 3 aromatic rings. The fourth-order valence-corrected chi connectivity index (χ4v) is 8.14. The minimum Gasteiger partial charge on any atom is -0.496 e. The van der Waals surface area contributed by atoms with Crippen LogP contribution in [0.1, 0.15) is 46.1 Å². The number of aromatic nitrogens is 1. The standard InChI is InChI=1S/C34H43N3O5/c1-19-26-15-23(34(26,3)4)16-27(19)36-33(40)31-29(20(2)39)28(18-38)42-37(31)17-22-10-7-13-25(32(22)41-5)24-12-6-9-21-11-8-14-35-30(21)24/h6-14,19-20,23,26-29,31,38-39H,15-18H2,1-5H3,(H,36,40)/t19-,20-,23+,26+,27-,28-,29-,31-/m0/s1. The van der Waals surface area contributed by atoms with E-state index < -0.39 is 24.2 Å². The lowest BCUT2D eigenvalue weighted by Gasteiger charge is -2.62. The Bertz CT molecular complexity index is 1450. The molecule has 224 valence electrons. The lowest BCUT2D eigenvalue weighted by Crippen LogP contribution is -2.62. The number of fused-ring (bicyclic) bond motifs is 3. The molecule has 8 atom stereocenters. The number of nitrogens with zero attached hydrogens (tertiary/aromatic N) is 2. The second-order valence-electron chi connectivity index (χ2n) is 13.1. The predicted octanol–water partition coefficient (Wildman–Crippen LogP) is 4.57. The number of para-hydroxylation sites is 2. The van der Waals surface area contributed by atoms with E-state index in [1.54, 1.807) is 25.3 Å². The topological polar surface area (TPSA) is 104 Å². The summed E-state index contributed by atoms with van der Waals surface area (Å²) >= 11 is 0. The molecular weight excluding hydrogens is 530 g/mol. The van der Waals surface area contributed by atoms with Crippen LogP contribution in [0.25, 0.3) is 22.0 Å². The average Bonchev–Trinajstić information content (AvgIpc) is 3.36. The largest absolute Gasteiger partial charge is 0.496 e. The van der Waals surface area contributed by atoms with Gasteiger partial charge in [-0.1, -0.05) is 63.2 Å². The van der Waals surface area contributed by atoms with E-state index in [1.807, 2.05) is 48.5 Å². The number of ether oxygens (including phenoxy) is 1. The van der Waals surface area contributed by atoms with Crippen LogP contribution in [-0.2, 0) is 16.2 Å². The van der Waals surface area contributed by atoms with Crippen molar-refractivity contribution >= 4 is 16.8 Å². The average molecular weight is 574 g/mol. The van der Waals surface area contributed by atoms with E-state index in [4.69, 9.17) is 9.57 Å². The number of rotatable bonds is 8. The number of benzene rings is 2. The van der Waals surface area contributed by atoms with Crippen LogP contribution in [0.5, 0.6) is 5.75 Å². The highest BCUT2D eigenvalue weighted by atomic mass is 16.7. The summed E-state index contributed by atoms with van der Waals surface area (Å²) < 4.78 is 5.98. The van der Waals surface area contributed by atoms with Crippen LogP contribution < -0.4 is 10.1 Å². The Morgan fingerprint density at radius 2 is 1.90 bits per heavy atom. The van der Waals surface area contributed by atoms with E-state index >= 15 is 0 Å². The van der Waals surface area contributed by atoms with Gasteiger partial charge >= 0.3 is 0 Å². The van der Waals surface area contributed by atoms with Crippen LogP contribution in [0.3, 0.4) is 0 Å². The van der Waals surface area contributed by atoms with Gasteiger partial charge in [0, 0.05) is 40.2 Å². The van der Waals surface area contributed by atoms with Gasteiger partial charge < -0.3 is 20.3 Å². The molecule has 0 radical (unpaired) electrons. The molecule has 42 heavy (non-hydrogen) atoms. The third kappa shape index (κ3) is 4.78. The Labute approximate surface area is 248 Å². The van der Waals surface area contributed by atoms with Crippen molar-refractivity contribution in [1.29, 1.82) is 0 Å². The summed E-state index contributed by atoms with van der Waals surface area (Å²) in [6, 6.07) is 15.3. The molecule has 8 nitrogen and oxygen atoms in total. The van der Waals surface area contributed by atoms with Crippen molar-refractivity contribution in [2.45, 2.75) is 71.4 Å². The van der Waals surface area contributed by atoms with Crippen LogP contribution in [0, 0.1) is 29.1 Å². The summed E-state index contributed by atoms with van der Waals surface area (Å²) in [6.07, 6.45) is 2.42. The van der Waals surface area contributed by atoms with E-state index in [0.717, 1.165) is 34.0 Å². The normalized spacial score (nSPS) is 31.0. The summed E-state index contributed by atoms with van der Waals surface area (Å²) in [5.74, 6) is 1.48. The Morgan fingerprint density at radius 3 is 2.60 bits per heavy atom. The second-order valence-corrected chi connectivity index (χ2v) is 13.1. The van der Waals surface area contributed by atoms with Crippen molar-refractivity contribution in [2.24, 2.45) is 29.1 Å². The van der Waals surface area contributed by atoms with Crippen LogP contribution in [-0.4, -0.2) is 64.2 Å². The molecule has 3 N–H and O–H groups in total. The van der Waals surface area contributed by atoms with Gasteiger partial charge in [0.2, 0.25) is 5.91 Å². The van der Waals surface area contributed by atoms with Gasteiger partial charge in [-0.2, -0.15) is 5.06 Å². The molecule has 1 saturated heterocycles. The van der Waals surface area contributed by atoms with Gasteiger partial charge in [0.25, 0.3) is 0 Å². The van der Waals surface area contributed by atoms with Crippen molar-refractivity contribution < 1.29 is 24.6 Å². The molecule has 2 aromatic carbocycles. The third-order valence-electron chi connectivity index (χ3n) is 10.6. The van der Waals surface area contributed by atoms with Crippen molar-refractivity contribution in [3.63, 3.8) is 0 Å². The summed E-state index contributed by atoms with van der Waals surface area (Å²) in [7, 11) is 1.64. The highest BCUT2D eigenvalue weighted by Gasteiger charge is 2.57. The zero-order valence-electron chi connectivity index (χ0n) is 25.2. The number of aliphatic hydroxyl groups excluding tert-OH is 2. The highest BCUT2D eigenvalue weighted by Crippen LogP contribution is 2.61. The zero-order valence-corrected chi connectivity index (χ0v) is 25.2. The van der Waals surface area contributed by atoms with Gasteiger partial charge in [0.15, 0.2) is 0 Å². The van der Waals surface area contributed by atoms with Crippen molar-refractivity contribution in [3.8, 4) is 16.9 Å². The maximum atomic E-state index is 14.0. The van der Waals surface area contributed by atoms with E-state index in [-0.39, 0.29) is 25.1 Å². The van der Waals surface area contributed by atoms with Crippen LogP contribution >= 0.6 is 0 Å². The van der Waals surface area contributed by atoms with E-state index in [1.165, 1.54) is 6.42 Å². The number of carbonyl (C=O) groups excluding carboxylic acids is 1. The van der Waals surface area contributed by atoms with E-state index in [9.17, 15) is 15.0 Å². The fraction of sp³-hybridized carbons (Fsp3) is 0.529. The molecule has 1 aliphatic heterocycles. The number of aliphatic hydroxyl groups is 2. The van der Waals surface area contributed by atoms with E-state index in [2.05, 4.69) is 31.1 Å². The molecule has 0 spiro atoms. The Hall–Kier alpha value is -3.04. The van der Waals surface area contributed by atoms with Crippen LogP contribution in [0.15, 0.2) is 54.7 Å². The first-order chi connectivity index (χ1) is 20.1. The van der Waals surface area contributed by atoms with Crippen molar-refractivity contribution in [3.05, 3.63) is 60.3 Å². The number of methoxy groups -OCH3 is 1. The lowest BCUT2D eigenvalue weighted by molar-refractivity contribution is -0.183. The minimum absolute atomic E-state index is 0.0793. The summed E-state index contributed by atoms with van der Waals surface area (Å²) in [5, 5.41) is 27.0. The fourth-order valence-electron chi connectivity index (χ4n) is 8.14. The summed E-state index contributed by atoms with van der Waals surface area (Å²) in [5.41, 5.74) is 3.86. The number of hydrogen-bond donors (Lipinski definition) is 3. The molecule has 0 unspecified atom stereocenters. The monoisotopic (exact) mass is 573 g/mol. The smallest absolute Gasteiger partial charge is 0.240 e. The number of nitrogens with one attached hydrogen (secondary N) is 1. The number of amides is 1.